The van der Waals surface area contributed by atoms with Crippen LogP contribution in [0, 0.1) is 21.3 Å². The Labute approximate surface area is 123 Å². The second-order valence-corrected chi connectivity index (χ2v) is 5.68. The van der Waals surface area contributed by atoms with Crippen molar-refractivity contribution in [2.75, 3.05) is 6.54 Å². The van der Waals surface area contributed by atoms with Gasteiger partial charge in [-0.05, 0) is 19.0 Å². The van der Waals surface area contributed by atoms with E-state index in [4.69, 9.17) is 4.74 Å². The van der Waals surface area contributed by atoms with Crippen LogP contribution in [0.2, 0.25) is 0 Å². The normalized spacial score (nSPS) is 28.0. The summed E-state index contributed by atoms with van der Waals surface area (Å²) in [6, 6.07) is 3.64. The molecule has 1 aliphatic rings. The topological polar surface area (TPSA) is 64.4 Å². The van der Waals surface area contributed by atoms with Crippen molar-refractivity contribution >= 4 is 5.69 Å². The van der Waals surface area contributed by atoms with Crippen LogP contribution in [0.3, 0.4) is 0 Å². The van der Waals surface area contributed by atoms with Gasteiger partial charge >= 0.3 is 5.69 Å². The van der Waals surface area contributed by atoms with Crippen LogP contribution in [-0.2, 0) is 0 Å². The summed E-state index contributed by atoms with van der Waals surface area (Å²) in [6.07, 6.45) is 1.51. The fraction of sp³-hybridized carbons (Fsp3) is 0.600. The summed E-state index contributed by atoms with van der Waals surface area (Å²) in [6.45, 7) is 7.08. The van der Waals surface area contributed by atoms with Crippen LogP contribution in [-0.4, -0.2) is 23.6 Å². The molecule has 0 bridgehead atoms. The monoisotopic (exact) mass is 296 g/mol. The van der Waals surface area contributed by atoms with Crippen LogP contribution < -0.4 is 10.1 Å². The average molecular weight is 296 g/mol. The first kappa shape index (κ1) is 15.7. The Kier molecular flexibility index (Phi) is 4.46. The van der Waals surface area contributed by atoms with Crippen molar-refractivity contribution in [2.24, 2.45) is 5.41 Å². The molecule has 6 heteroatoms. The van der Waals surface area contributed by atoms with Gasteiger partial charge in [-0.3, -0.25) is 10.1 Å². The Bertz CT molecular complexity index is 538. The molecule has 3 unspecified atom stereocenters. The molecular weight excluding hydrogens is 275 g/mol. The maximum absolute atomic E-state index is 13.3. The van der Waals surface area contributed by atoms with E-state index in [-0.39, 0.29) is 23.0 Å². The highest BCUT2D eigenvalue weighted by atomic mass is 19.1. The first-order valence-corrected chi connectivity index (χ1v) is 7.26. The largest absolute Gasteiger partial charge is 0.483 e. The van der Waals surface area contributed by atoms with E-state index in [0.717, 1.165) is 37.6 Å². The van der Waals surface area contributed by atoms with Crippen LogP contribution >= 0.6 is 0 Å². The molecule has 1 aliphatic carbocycles. The van der Waals surface area contributed by atoms with Crippen molar-refractivity contribution in [2.45, 2.75) is 45.8 Å². The van der Waals surface area contributed by atoms with Gasteiger partial charge in [0.25, 0.3) is 0 Å². The van der Waals surface area contributed by atoms with Gasteiger partial charge in [0.05, 0.1) is 4.92 Å². The van der Waals surface area contributed by atoms with Crippen molar-refractivity contribution in [3.8, 4) is 5.75 Å². The van der Waals surface area contributed by atoms with Crippen molar-refractivity contribution in [3.05, 3.63) is 34.1 Å². The molecule has 0 heterocycles. The Hall–Kier alpha value is -1.69. The van der Waals surface area contributed by atoms with Crippen molar-refractivity contribution in [1.29, 1.82) is 0 Å². The number of nitrogens with one attached hydrogen (secondary N) is 1. The Morgan fingerprint density at radius 1 is 1.52 bits per heavy atom. The van der Waals surface area contributed by atoms with E-state index in [1.807, 2.05) is 6.92 Å². The first-order valence-electron chi connectivity index (χ1n) is 7.26. The van der Waals surface area contributed by atoms with Gasteiger partial charge in [0.15, 0.2) is 5.75 Å². The number of nitrogens with zero attached hydrogens (tertiary/aromatic N) is 1. The minimum Gasteiger partial charge on any atom is -0.483 e. The lowest BCUT2D eigenvalue weighted by Gasteiger charge is -2.53. The minimum absolute atomic E-state index is 0.0135. The lowest BCUT2D eigenvalue weighted by molar-refractivity contribution is -0.386. The molecule has 3 atom stereocenters. The molecule has 0 saturated heterocycles. The van der Waals surface area contributed by atoms with Gasteiger partial charge in [-0.15, -0.1) is 0 Å². The molecule has 1 N–H and O–H groups in total. The smallest absolute Gasteiger partial charge is 0.311 e. The molecule has 0 aromatic heterocycles. The van der Waals surface area contributed by atoms with Crippen molar-refractivity contribution < 1.29 is 14.1 Å². The van der Waals surface area contributed by atoms with Gasteiger partial charge in [-0.25, -0.2) is 4.39 Å². The second-order valence-electron chi connectivity index (χ2n) is 5.68. The van der Waals surface area contributed by atoms with Gasteiger partial charge < -0.3 is 10.1 Å². The zero-order valence-corrected chi connectivity index (χ0v) is 12.6. The van der Waals surface area contributed by atoms with Crippen LogP contribution in [0.4, 0.5) is 10.1 Å². The summed E-state index contributed by atoms with van der Waals surface area (Å²) in [7, 11) is 0. The zero-order chi connectivity index (χ0) is 15.6. The van der Waals surface area contributed by atoms with Crippen LogP contribution in [0.25, 0.3) is 0 Å². The number of ether oxygens (including phenoxy) is 1. The van der Waals surface area contributed by atoms with Gasteiger partial charge in [0.1, 0.15) is 11.9 Å². The van der Waals surface area contributed by atoms with E-state index in [2.05, 4.69) is 19.2 Å². The van der Waals surface area contributed by atoms with Crippen molar-refractivity contribution in [3.63, 3.8) is 0 Å². The van der Waals surface area contributed by atoms with Crippen LogP contribution in [0.15, 0.2) is 18.2 Å². The molecule has 1 aromatic rings. The molecule has 1 saturated carbocycles. The molecule has 0 radical (unpaired) electrons. The third kappa shape index (κ3) is 2.85. The average Bonchev–Trinajstić information content (AvgIpc) is 2.45. The number of halogens is 1. The first-order chi connectivity index (χ1) is 9.92. The molecule has 1 aromatic carbocycles. The number of rotatable bonds is 6. The number of benzene rings is 1. The Morgan fingerprint density at radius 2 is 2.24 bits per heavy atom. The summed E-state index contributed by atoms with van der Waals surface area (Å²) in [5, 5.41) is 14.4. The minimum atomic E-state index is -0.543. The van der Waals surface area contributed by atoms with E-state index < -0.39 is 10.7 Å². The zero-order valence-electron chi connectivity index (χ0n) is 12.6. The summed E-state index contributed by atoms with van der Waals surface area (Å²) in [5.41, 5.74) is -0.294. The predicted octanol–water partition coefficient (Wildman–Crippen LogP) is 3.28. The van der Waals surface area contributed by atoms with Crippen LogP contribution in [0.1, 0.15) is 33.6 Å². The number of hydrogen-bond donors (Lipinski definition) is 1. The summed E-state index contributed by atoms with van der Waals surface area (Å²) in [4.78, 5) is 10.5. The summed E-state index contributed by atoms with van der Waals surface area (Å²) in [5.74, 6) is -0.518. The van der Waals surface area contributed by atoms with Gasteiger partial charge in [-0.1, -0.05) is 20.8 Å². The van der Waals surface area contributed by atoms with Crippen LogP contribution in [0.5, 0.6) is 5.75 Å². The Morgan fingerprint density at radius 3 is 2.81 bits per heavy atom. The predicted molar refractivity (Wildman–Crippen MR) is 78.0 cm³/mol. The molecule has 2 rings (SSSR count). The van der Waals surface area contributed by atoms with Gasteiger partial charge in [0.2, 0.25) is 0 Å². The van der Waals surface area contributed by atoms with E-state index >= 15 is 0 Å². The molecular formula is C15H21FN2O3. The number of nitro benzene ring substituents is 1. The molecule has 0 spiro atoms. The molecule has 5 nitrogen and oxygen atoms in total. The third-order valence-corrected chi connectivity index (χ3v) is 4.58. The molecule has 21 heavy (non-hydrogen) atoms. The highest BCUT2D eigenvalue weighted by Crippen LogP contribution is 2.47. The lowest BCUT2D eigenvalue weighted by Crippen LogP contribution is -2.63. The van der Waals surface area contributed by atoms with Gasteiger partial charge in [0, 0.05) is 30.0 Å². The maximum Gasteiger partial charge on any atom is 0.311 e. The fourth-order valence-electron chi connectivity index (χ4n) is 2.92. The summed E-state index contributed by atoms with van der Waals surface area (Å²) >= 11 is 0. The lowest BCUT2D eigenvalue weighted by atomic mass is 9.61. The van der Waals surface area contributed by atoms with E-state index in [0.29, 0.717) is 6.04 Å². The highest BCUT2D eigenvalue weighted by Gasteiger charge is 2.52. The molecule has 1 fully saturated rings. The molecule has 116 valence electrons. The Balaban J connectivity index is 2.19. The highest BCUT2D eigenvalue weighted by molar-refractivity contribution is 5.46. The molecule has 0 amide bonds. The standard InChI is InChI=1S/C15H21FN2O3/c1-4-15(3)13(17-5-2)9-14(15)21-12-8-10(16)6-7-11(12)18(19)20/h6-8,13-14,17H,4-5,9H2,1-3H3. The summed E-state index contributed by atoms with van der Waals surface area (Å²) < 4.78 is 19.1. The molecule has 0 aliphatic heterocycles. The second kappa shape index (κ2) is 5.97. The third-order valence-electron chi connectivity index (χ3n) is 4.58. The van der Waals surface area contributed by atoms with E-state index in [1.54, 1.807) is 0 Å². The fourth-order valence-corrected chi connectivity index (χ4v) is 2.92. The van der Waals surface area contributed by atoms with E-state index in [9.17, 15) is 14.5 Å². The maximum atomic E-state index is 13.3. The quantitative estimate of drug-likeness (QED) is 0.646. The SMILES string of the molecule is CCNC1CC(Oc2cc(F)ccc2[N+](=O)[O-])C1(C)CC. The van der Waals surface area contributed by atoms with Crippen molar-refractivity contribution in [1.82, 2.24) is 5.32 Å². The van der Waals surface area contributed by atoms with E-state index in [1.165, 1.54) is 0 Å². The number of hydrogen-bond acceptors (Lipinski definition) is 4. The van der Waals surface area contributed by atoms with Gasteiger partial charge in [-0.2, -0.15) is 0 Å². The number of nitro groups is 1.